The van der Waals surface area contributed by atoms with Crippen LogP contribution in [0.1, 0.15) is 52.4 Å². The summed E-state index contributed by atoms with van der Waals surface area (Å²) in [7, 11) is 1.40. The second kappa shape index (κ2) is 9.77. The van der Waals surface area contributed by atoms with Crippen molar-refractivity contribution < 1.29 is 14.3 Å². The summed E-state index contributed by atoms with van der Waals surface area (Å²) in [5.74, 6) is -0.123. The first-order valence-electron chi connectivity index (χ1n) is 8.21. The van der Waals surface area contributed by atoms with Gasteiger partial charge >= 0.3 is 5.97 Å². The molecule has 1 saturated carbocycles. The van der Waals surface area contributed by atoms with E-state index in [-0.39, 0.29) is 18.4 Å². The molecule has 1 aliphatic rings. The van der Waals surface area contributed by atoms with E-state index in [0.29, 0.717) is 12.6 Å². The Morgan fingerprint density at radius 1 is 1.05 bits per heavy atom. The molecule has 0 saturated heterocycles. The summed E-state index contributed by atoms with van der Waals surface area (Å²) in [6.45, 7) is 6.31. The minimum atomic E-state index is -0.257. The fourth-order valence-electron chi connectivity index (χ4n) is 2.99. The highest BCUT2D eigenvalue weighted by atomic mass is 16.5. The van der Waals surface area contributed by atoms with Crippen molar-refractivity contribution in [2.24, 2.45) is 0 Å². The zero-order valence-corrected chi connectivity index (χ0v) is 13.8. The smallest absolute Gasteiger partial charge is 0.319 e. The molecule has 1 amide bonds. The second-order valence-electron chi connectivity index (χ2n) is 5.80. The molecule has 0 unspecified atom stereocenters. The van der Waals surface area contributed by atoms with Gasteiger partial charge in [-0.15, -0.1) is 0 Å². The molecule has 1 fully saturated rings. The number of methoxy groups -OCH3 is 1. The van der Waals surface area contributed by atoms with Crippen LogP contribution >= 0.6 is 0 Å². The van der Waals surface area contributed by atoms with Gasteiger partial charge in [-0.05, 0) is 25.7 Å². The average molecular weight is 298 g/mol. The Balaban J connectivity index is 2.64. The quantitative estimate of drug-likeness (QED) is 0.611. The Morgan fingerprint density at radius 3 is 2.10 bits per heavy atom. The molecule has 0 N–H and O–H groups in total. The third-order valence-corrected chi connectivity index (χ3v) is 4.08. The number of esters is 1. The standard InChI is InChI=1S/C16H30N2O3/c1-4-10-17(11-5-2)15(19)12-18(13-16(20)21-3)14-8-6-7-9-14/h14H,4-13H2,1-3H3. The van der Waals surface area contributed by atoms with E-state index < -0.39 is 0 Å². The van der Waals surface area contributed by atoms with Crippen molar-refractivity contribution >= 4 is 11.9 Å². The highest BCUT2D eigenvalue weighted by Crippen LogP contribution is 2.23. The number of hydrogen-bond donors (Lipinski definition) is 0. The number of amides is 1. The summed E-state index contributed by atoms with van der Waals surface area (Å²) in [6, 6.07) is 0.346. The maximum atomic E-state index is 12.5. The number of rotatable bonds is 9. The zero-order chi connectivity index (χ0) is 15.7. The minimum Gasteiger partial charge on any atom is -0.468 e. The van der Waals surface area contributed by atoms with Crippen LogP contribution in [0.2, 0.25) is 0 Å². The molecule has 1 rings (SSSR count). The first-order valence-corrected chi connectivity index (χ1v) is 8.21. The van der Waals surface area contributed by atoms with Gasteiger partial charge in [-0.3, -0.25) is 14.5 Å². The molecule has 122 valence electrons. The molecule has 0 atom stereocenters. The van der Waals surface area contributed by atoms with Crippen molar-refractivity contribution in [1.29, 1.82) is 0 Å². The number of carbonyl (C=O) groups excluding carboxylic acids is 2. The molecule has 5 nitrogen and oxygen atoms in total. The average Bonchev–Trinajstić information content (AvgIpc) is 3.00. The first kappa shape index (κ1) is 18.0. The largest absolute Gasteiger partial charge is 0.468 e. The normalized spacial score (nSPS) is 15.4. The summed E-state index contributed by atoms with van der Waals surface area (Å²) in [5, 5.41) is 0. The molecule has 0 radical (unpaired) electrons. The highest BCUT2D eigenvalue weighted by molar-refractivity contribution is 5.79. The topological polar surface area (TPSA) is 49.9 Å². The van der Waals surface area contributed by atoms with Gasteiger partial charge in [0.15, 0.2) is 0 Å². The minimum absolute atomic E-state index is 0.134. The van der Waals surface area contributed by atoms with Crippen molar-refractivity contribution in [2.75, 3.05) is 33.3 Å². The number of ether oxygens (including phenoxy) is 1. The van der Waals surface area contributed by atoms with E-state index in [9.17, 15) is 9.59 Å². The second-order valence-corrected chi connectivity index (χ2v) is 5.80. The van der Waals surface area contributed by atoms with Gasteiger partial charge < -0.3 is 9.64 Å². The number of nitrogens with zero attached hydrogens (tertiary/aromatic N) is 2. The van der Waals surface area contributed by atoms with Gasteiger partial charge in [0.05, 0.1) is 20.2 Å². The summed E-state index contributed by atoms with van der Waals surface area (Å²) in [5.41, 5.74) is 0. The van der Waals surface area contributed by atoms with E-state index in [2.05, 4.69) is 13.8 Å². The Hall–Kier alpha value is -1.10. The van der Waals surface area contributed by atoms with Crippen LogP contribution in [-0.4, -0.2) is 61.0 Å². The molecule has 0 spiro atoms. The first-order chi connectivity index (χ1) is 10.1. The Kier molecular flexibility index (Phi) is 8.35. The number of carbonyl (C=O) groups is 2. The molecule has 0 aromatic rings. The van der Waals surface area contributed by atoms with Gasteiger partial charge in [-0.1, -0.05) is 26.7 Å². The molecule has 0 aromatic heterocycles. The highest BCUT2D eigenvalue weighted by Gasteiger charge is 2.27. The molecular weight excluding hydrogens is 268 g/mol. The third kappa shape index (κ3) is 6.04. The summed E-state index contributed by atoms with van der Waals surface area (Å²) < 4.78 is 4.77. The van der Waals surface area contributed by atoms with Gasteiger partial charge in [0, 0.05) is 19.1 Å². The SMILES string of the molecule is CCCN(CCC)C(=O)CN(CC(=O)OC)C1CCCC1. The summed E-state index contributed by atoms with van der Waals surface area (Å²) in [6.07, 6.45) is 6.45. The van der Waals surface area contributed by atoms with Crippen LogP contribution < -0.4 is 0 Å². The van der Waals surface area contributed by atoms with Crippen LogP contribution in [0.4, 0.5) is 0 Å². The van der Waals surface area contributed by atoms with Crippen LogP contribution in [-0.2, 0) is 14.3 Å². The molecule has 0 heterocycles. The fraction of sp³-hybridized carbons (Fsp3) is 0.875. The lowest BCUT2D eigenvalue weighted by atomic mass is 10.2. The molecule has 5 heteroatoms. The molecular formula is C16H30N2O3. The van der Waals surface area contributed by atoms with Crippen LogP contribution in [0.25, 0.3) is 0 Å². The van der Waals surface area contributed by atoms with E-state index in [0.717, 1.165) is 38.8 Å². The van der Waals surface area contributed by atoms with E-state index in [4.69, 9.17) is 4.74 Å². The van der Waals surface area contributed by atoms with Crippen LogP contribution in [0.5, 0.6) is 0 Å². The van der Waals surface area contributed by atoms with E-state index in [1.54, 1.807) is 0 Å². The van der Waals surface area contributed by atoms with E-state index >= 15 is 0 Å². The lowest BCUT2D eigenvalue weighted by Gasteiger charge is -2.30. The van der Waals surface area contributed by atoms with Crippen molar-refractivity contribution in [3.05, 3.63) is 0 Å². The molecule has 1 aliphatic carbocycles. The Morgan fingerprint density at radius 2 is 1.62 bits per heavy atom. The maximum Gasteiger partial charge on any atom is 0.319 e. The monoisotopic (exact) mass is 298 g/mol. The predicted molar refractivity (Wildman–Crippen MR) is 83.0 cm³/mol. The van der Waals surface area contributed by atoms with Crippen LogP contribution in [0, 0.1) is 0 Å². The van der Waals surface area contributed by atoms with Crippen molar-refractivity contribution in [3.8, 4) is 0 Å². The van der Waals surface area contributed by atoms with Gasteiger partial charge in [-0.2, -0.15) is 0 Å². The van der Waals surface area contributed by atoms with Gasteiger partial charge in [0.2, 0.25) is 5.91 Å². The summed E-state index contributed by atoms with van der Waals surface area (Å²) >= 11 is 0. The number of hydrogen-bond acceptors (Lipinski definition) is 4. The Bertz CT molecular complexity index is 321. The van der Waals surface area contributed by atoms with Crippen LogP contribution in [0.3, 0.4) is 0 Å². The molecule has 0 aliphatic heterocycles. The lowest BCUT2D eigenvalue weighted by Crippen LogP contribution is -2.46. The van der Waals surface area contributed by atoms with Gasteiger partial charge in [0.1, 0.15) is 0 Å². The zero-order valence-electron chi connectivity index (χ0n) is 13.8. The molecule has 0 aromatic carbocycles. The third-order valence-electron chi connectivity index (χ3n) is 4.08. The van der Waals surface area contributed by atoms with Crippen molar-refractivity contribution in [1.82, 2.24) is 9.80 Å². The predicted octanol–water partition coefficient (Wildman–Crippen LogP) is 2.05. The van der Waals surface area contributed by atoms with Crippen molar-refractivity contribution in [2.45, 2.75) is 58.4 Å². The van der Waals surface area contributed by atoms with Crippen LogP contribution in [0.15, 0.2) is 0 Å². The lowest BCUT2D eigenvalue weighted by molar-refractivity contribution is -0.143. The van der Waals surface area contributed by atoms with Crippen molar-refractivity contribution in [3.63, 3.8) is 0 Å². The molecule has 21 heavy (non-hydrogen) atoms. The fourth-order valence-corrected chi connectivity index (χ4v) is 2.99. The van der Waals surface area contributed by atoms with Gasteiger partial charge in [0.25, 0.3) is 0 Å². The van der Waals surface area contributed by atoms with Gasteiger partial charge in [-0.25, -0.2) is 0 Å². The summed E-state index contributed by atoms with van der Waals surface area (Å²) in [4.78, 5) is 28.0. The maximum absolute atomic E-state index is 12.5. The Labute approximate surface area is 128 Å². The van der Waals surface area contributed by atoms with E-state index in [1.165, 1.54) is 20.0 Å². The van der Waals surface area contributed by atoms with E-state index in [1.807, 2.05) is 9.80 Å². The molecule has 0 bridgehead atoms.